The molecule has 0 bridgehead atoms. The summed E-state index contributed by atoms with van der Waals surface area (Å²) in [6.07, 6.45) is 3.69. The number of hydrogen-bond donors (Lipinski definition) is 0. The van der Waals surface area contributed by atoms with Crippen molar-refractivity contribution >= 4 is 5.78 Å². The van der Waals surface area contributed by atoms with Crippen LogP contribution in [0, 0.1) is 6.92 Å². The number of methoxy groups -OCH3 is 2. The molecule has 0 spiro atoms. The van der Waals surface area contributed by atoms with Gasteiger partial charge in [0.2, 0.25) is 0 Å². The number of hydrogen-bond acceptors (Lipinski definition) is 4. The monoisotopic (exact) mass is 455 g/mol. The zero-order valence-corrected chi connectivity index (χ0v) is 20.5. The fourth-order valence-corrected chi connectivity index (χ4v) is 4.72. The van der Waals surface area contributed by atoms with Crippen LogP contribution in [-0.2, 0) is 24.2 Å². The maximum absolute atomic E-state index is 13.0. The molecule has 4 nitrogen and oxygen atoms in total. The van der Waals surface area contributed by atoms with E-state index in [1.807, 2.05) is 6.07 Å². The fourth-order valence-electron chi connectivity index (χ4n) is 4.72. The number of Topliss-reactive ketones (excluding diaryl/α,β-unsaturated/α-hetero) is 1. The third-order valence-electron chi connectivity index (χ3n) is 6.58. The smallest absolute Gasteiger partial charge is 0.161 e. The van der Waals surface area contributed by atoms with E-state index in [9.17, 15) is 4.79 Å². The standard InChI is InChI=1S/C30H33NO3/c1-21-10-12-24(13-11-21)19-31-15-14-25-17-29(33-3)30(34-4)18-26(25)27(28(20-31)22(2)32)16-23-8-6-5-7-9-23/h5-13,17-18,20,27H,14-16,19H2,1-4H3/b28-20-. The topological polar surface area (TPSA) is 38.8 Å². The number of rotatable bonds is 7. The van der Waals surface area contributed by atoms with Crippen molar-refractivity contribution in [3.8, 4) is 11.5 Å². The average molecular weight is 456 g/mol. The summed E-state index contributed by atoms with van der Waals surface area (Å²) in [5.74, 6) is 1.44. The summed E-state index contributed by atoms with van der Waals surface area (Å²) in [5, 5.41) is 0. The van der Waals surface area contributed by atoms with E-state index >= 15 is 0 Å². The van der Waals surface area contributed by atoms with Crippen LogP contribution in [-0.4, -0.2) is 31.4 Å². The van der Waals surface area contributed by atoms with Gasteiger partial charge in [-0.15, -0.1) is 0 Å². The van der Waals surface area contributed by atoms with E-state index in [-0.39, 0.29) is 11.7 Å². The molecule has 4 rings (SSSR count). The summed E-state index contributed by atoms with van der Waals surface area (Å²) in [4.78, 5) is 15.3. The Morgan fingerprint density at radius 2 is 1.62 bits per heavy atom. The molecule has 1 aliphatic heterocycles. The van der Waals surface area contributed by atoms with Crippen LogP contribution in [0.4, 0.5) is 0 Å². The normalized spacial score (nSPS) is 17.1. The molecular weight excluding hydrogens is 422 g/mol. The zero-order valence-electron chi connectivity index (χ0n) is 20.5. The highest BCUT2D eigenvalue weighted by Crippen LogP contribution is 2.40. The van der Waals surface area contributed by atoms with E-state index in [1.165, 1.54) is 22.3 Å². The van der Waals surface area contributed by atoms with Crippen molar-refractivity contribution in [2.24, 2.45) is 0 Å². The largest absolute Gasteiger partial charge is 0.493 e. The SMILES string of the molecule is COc1cc2c(cc1OC)C(Cc1ccccc1)/C(C(C)=O)=C\N(Cc1ccc(C)cc1)CC2. The molecule has 0 saturated heterocycles. The van der Waals surface area contributed by atoms with Gasteiger partial charge in [0.15, 0.2) is 17.3 Å². The van der Waals surface area contributed by atoms with Crippen molar-refractivity contribution < 1.29 is 14.3 Å². The predicted octanol–water partition coefficient (Wildman–Crippen LogP) is 5.87. The fraction of sp³-hybridized carbons (Fsp3) is 0.300. The first-order valence-electron chi connectivity index (χ1n) is 11.8. The molecule has 1 unspecified atom stereocenters. The van der Waals surface area contributed by atoms with E-state index in [4.69, 9.17) is 9.47 Å². The van der Waals surface area contributed by atoms with Gasteiger partial charge in [0.05, 0.1) is 14.2 Å². The maximum Gasteiger partial charge on any atom is 0.161 e. The lowest BCUT2D eigenvalue weighted by Gasteiger charge is -2.31. The Balaban J connectivity index is 1.81. The van der Waals surface area contributed by atoms with Crippen molar-refractivity contribution in [2.45, 2.75) is 39.2 Å². The summed E-state index contributed by atoms with van der Waals surface area (Å²) >= 11 is 0. The van der Waals surface area contributed by atoms with Crippen molar-refractivity contribution in [3.63, 3.8) is 0 Å². The Labute approximate surface area is 202 Å². The minimum Gasteiger partial charge on any atom is -0.493 e. The molecule has 34 heavy (non-hydrogen) atoms. The van der Waals surface area contributed by atoms with E-state index in [0.717, 1.165) is 42.8 Å². The Bertz CT molecular complexity index is 1170. The van der Waals surface area contributed by atoms with Crippen LogP contribution < -0.4 is 9.47 Å². The van der Waals surface area contributed by atoms with Crippen molar-refractivity contribution in [3.05, 3.63) is 106 Å². The van der Waals surface area contributed by atoms with Crippen molar-refractivity contribution in [1.82, 2.24) is 4.90 Å². The minimum absolute atomic E-state index is 0.0736. The van der Waals surface area contributed by atoms with Gasteiger partial charge in [-0.1, -0.05) is 60.2 Å². The Morgan fingerprint density at radius 1 is 0.941 bits per heavy atom. The second-order valence-corrected chi connectivity index (χ2v) is 9.00. The molecule has 3 aromatic carbocycles. The summed E-state index contributed by atoms with van der Waals surface area (Å²) in [5.41, 5.74) is 6.83. The molecule has 0 radical (unpaired) electrons. The first-order chi connectivity index (χ1) is 16.5. The summed E-state index contributed by atoms with van der Waals surface area (Å²) in [6.45, 7) is 5.35. The number of benzene rings is 3. The van der Waals surface area contributed by atoms with Crippen LogP contribution in [0.1, 0.15) is 40.7 Å². The van der Waals surface area contributed by atoms with Crippen LogP contribution in [0.25, 0.3) is 0 Å². The van der Waals surface area contributed by atoms with Crippen LogP contribution in [0.2, 0.25) is 0 Å². The number of allylic oxidation sites excluding steroid dienone is 1. The third-order valence-corrected chi connectivity index (χ3v) is 6.58. The summed E-state index contributed by atoms with van der Waals surface area (Å²) in [6, 6.07) is 23.1. The molecular formula is C30H33NO3. The van der Waals surface area contributed by atoms with Crippen LogP contribution in [0.3, 0.4) is 0 Å². The van der Waals surface area contributed by atoms with Crippen LogP contribution in [0.5, 0.6) is 11.5 Å². The lowest BCUT2D eigenvalue weighted by Crippen LogP contribution is -2.27. The van der Waals surface area contributed by atoms with E-state index in [0.29, 0.717) is 5.75 Å². The molecule has 0 fully saturated rings. The number of carbonyl (C=O) groups excluding carboxylic acids is 1. The number of fused-ring (bicyclic) bond motifs is 1. The highest BCUT2D eigenvalue weighted by Gasteiger charge is 2.28. The highest BCUT2D eigenvalue weighted by molar-refractivity contribution is 5.95. The van der Waals surface area contributed by atoms with Gasteiger partial charge < -0.3 is 14.4 Å². The van der Waals surface area contributed by atoms with Gasteiger partial charge in [0, 0.05) is 30.8 Å². The minimum atomic E-state index is -0.0736. The number of nitrogens with zero attached hydrogens (tertiary/aromatic N) is 1. The molecule has 0 aliphatic carbocycles. The molecule has 1 aliphatic rings. The molecule has 0 aromatic heterocycles. The molecule has 0 N–H and O–H groups in total. The average Bonchev–Trinajstić information content (AvgIpc) is 2.84. The molecule has 176 valence electrons. The second kappa shape index (κ2) is 10.6. The number of ether oxygens (including phenoxy) is 2. The first-order valence-corrected chi connectivity index (χ1v) is 11.8. The number of ketones is 1. The van der Waals surface area contributed by atoms with Gasteiger partial charge >= 0.3 is 0 Å². The highest BCUT2D eigenvalue weighted by atomic mass is 16.5. The Hall–Kier alpha value is -3.53. The van der Waals surface area contributed by atoms with E-state index in [2.05, 4.69) is 78.7 Å². The quantitative estimate of drug-likeness (QED) is 0.447. The van der Waals surface area contributed by atoms with E-state index in [1.54, 1.807) is 21.1 Å². The van der Waals surface area contributed by atoms with Crippen molar-refractivity contribution in [2.75, 3.05) is 20.8 Å². The number of carbonyl (C=O) groups is 1. The Kier molecular flexibility index (Phi) is 7.36. The first kappa shape index (κ1) is 23.6. The zero-order chi connectivity index (χ0) is 24.1. The molecule has 4 heteroatoms. The molecule has 1 atom stereocenters. The maximum atomic E-state index is 13.0. The van der Waals surface area contributed by atoms with Crippen LogP contribution >= 0.6 is 0 Å². The molecule has 1 heterocycles. The summed E-state index contributed by atoms with van der Waals surface area (Å²) < 4.78 is 11.3. The van der Waals surface area contributed by atoms with Gasteiger partial charge in [-0.3, -0.25) is 4.79 Å². The van der Waals surface area contributed by atoms with Gasteiger partial charge in [-0.25, -0.2) is 0 Å². The lowest BCUT2D eigenvalue weighted by molar-refractivity contribution is -0.114. The van der Waals surface area contributed by atoms with Gasteiger partial charge in [-0.05, 0) is 61.1 Å². The van der Waals surface area contributed by atoms with Crippen molar-refractivity contribution in [1.29, 1.82) is 0 Å². The third kappa shape index (κ3) is 5.33. The predicted molar refractivity (Wildman–Crippen MR) is 136 cm³/mol. The second-order valence-electron chi connectivity index (χ2n) is 9.00. The molecule has 3 aromatic rings. The van der Waals surface area contributed by atoms with E-state index < -0.39 is 0 Å². The lowest BCUT2D eigenvalue weighted by atomic mass is 9.80. The Morgan fingerprint density at radius 3 is 2.26 bits per heavy atom. The number of aryl methyl sites for hydroxylation is 1. The summed E-state index contributed by atoms with van der Waals surface area (Å²) in [7, 11) is 3.32. The van der Waals surface area contributed by atoms with Gasteiger partial charge in [0.1, 0.15) is 0 Å². The molecule has 0 saturated carbocycles. The molecule has 0 amide bonds. The van der Waals surface area contributed by atoms with Gasteiger partial charge in [-0.2, -0.15) is 0 Å². The van der Waals surface area contributed by atoms with Crippen LogP contribution in [0.15, 0.2) is 78.5 Å². The van der Waals surface area contributed by atoms with Gasteiger partial charge in [0.25, 0.3) is 0 Å².